The number of methoxy groups -OCH3 is 1. The van der Waals surface area contributed by atoms with E-state index < -0.39 is 36.2 Å². The minimum absolute atomic E-state index is 0.0368. The number of rotatable bonds is 4. The summed E-state index contributed by atoms with van der Waals surface area (Å²) in [4.78, 5) is 48.1. The average molecular weight is 307 g/mol. The van der Waals surface area contributed by atoms with Crippen molar-refractivity contribution in [3.63, 3.8) is 0 Å². The van der Waals surface area contributed by atoms with Gasteiger partial charge in [0.25, 0.3) is 0 Å². The fourth-order valence-electron chi connectivity index (χ4n) is 4.13. The molecule has 2 fully saturated rings. The lowest BCUT2D eigenvalue weighted by Gasteiger charge is -2.43. The molecule has 7 heteroatoms. The van der Waals surface area contributed by atoms with E-state index >= 15 is 0 Å². The number of hydrogen-bond acceptors (Lipinski definition) is 5. The van der Waals surface area contributed by atoms with Crippen LogP contribution in [-0.4, -0.2) is 47.4 Å². The molecule has 118 valence electrons. The lowest BCUT2D eigenvalue weighted by atomic mass is 9.58. The number of esters is 1. The van der Waals surface area contributed by atoms with Gasteiger partial charge < -0.3 is 9.84 Å². The van der Waals surface area contributed by atoms with Crippen molar-refractivity contribution >= 4 is 23.8 Å². The van der Waals surface area contributed by atoms with E-state index in [1.807, 2.05) is 12.2 Å². The molecular formula is C15H17NO6. The molecule has 2 amide bonds. The molecule has 2 bridgehead atoms. The third-order valence-corrected chi connectivity index (χ3v) is 5.01. The Morgan fingerprint density at radius 1 is 1.27 bits per heavy atom. The minimum atomic E-state index is -1.20. The summed E-state index contributed by atoms with van der Waals surface area (Å²) in [6, 6.07) is 0. The van der Waals surface area contributed by atoms with Gasteiger partial charge in [0.05, 0.1) is 18.9 Å². The van der Waals surface area contributed by atoms with E-state index in [4.69, 9.17) is 9.84 Å². The molecule has 22 heavy (non-hydrogen) atoms. The Morgan fingerprint density at radius 2 is 1.95 bits per heavy atom. The van der Waals surface area contributed by atoms with Crippen LogP contribution in [-0.2, 0) is 23.9 Å². The first kappa shape index (κ1) is 14.7. The zero-order valence-electron chi connectivity index (χ0n) is 12.1. The van der Waals surface area contributed by atoms with Gasteiger partial charge in [-0.1, -0.05) is 12.2 Å². The monoisotopic (exact) mass is 307 g/mol. The standard InChI is InChI=1S/C15H17NO6/c1-22-11(19)5-8-4-7-2-3-9(8)13-12(7)14(20)16(15(13)21)6-10(17)18/h2-3,7-9,12-13H,4-6H2,1H3,(H,17,18)/t7-,8+,9+,12-,13+/m1/s1. The second kappa shape index (κ2) is 5.23. The van der Waals surface area contributed by atoms with Crippen LogP contribution >= 0.6 is 0 Å². The third-order valence-electron chi connectivity index (χ3n) is 5.01. The zero-order chi connectivity index (χ0) is 16.0. The SMILES string of the molecule is COC(=O)C[C@@H]1C[C@H]2C=C[C@@H]1[C@@H]1C(=O)N(CC(=O)O)C(=O)[C@@H]12. The Kier molecular flexibility index (Phi) is 3.50. The highest BCUT2D eigenvalue weighted by Gasteiger charge is 2.59. The van der Waals surface area contributed by atoms with Gasteiger partial charge in [-0.3, -0.25) is 24.1 Å². The molecule has 0 aromatic rings. The van der Waals surface area contributed by atoms with Crippen LogP contribution in [0.2, 0.25) is 0 Å². The maximum absolute atomic E-state index is 12.5. The summed E-state index contributed by atoms with van der Waals surface area (Å²) in [6.45, 7) is -0.591. The van der Waals surface area contributed by atoms with Crippen LogP contribution in [0.5, 0.6) is 0 Å². The number of aliphatic carboxylic acids is 1. The first-order valence-corrected chi connectivity index (χ1v) is 7.26. The molecule has 3 aliphatic carbocycles. The van der Waals surface area contributed by atoms with E-state index in [1.165, 1.54) is 7.11 Å². The Morgan fingerprint density at radius 3 is 2.59 bits per heavy atom. The summed E-state index contributed by atoms with van der Waals surface area (Å²) < 4.78 is 4.69. The van der Waals surface area contributed by atoms with Crippen LogP contribution in [0.25, 0.3) is 0 Å². The molecule has 0 spiro atoms. The molecule has 5 atom stereocenters. The topological polar surface area (TPSA) is 101 Å². The number of amides is 2. The lowest BCUT2D eigenvalue weighted by Crippen LogP contribution is -2.44. The van der Waals surface area contributed by atoms with Gasteiger partial charge >= 0.3 is 11.9 Å². The molecule has 4 aliphatic rings. The van der Waals surface area contributed by atoms with E-state index in [2.05, 4.69) is 0 Å². The number of carboxylic acids is 1. The van der Waals surface area contributed by atoms with Gasteiger partial charge in [0.15, 0.2) is 0 Å². The Balaban J connectivity index is 1.86. The van der Waals surface area contributed by atoms with Crippen molar-refractivity contribution in [2.75, 3.05) is 13.7 Å². The number of ether oxygens (including phenoxy) is 1. The molecule has 4 rings (SSSR count). The van der Waals surface area contributed by atoms with E-state index in [0.717, 1.165) is 4.90 Å². The Hall–Kier alpha value is -2.18. The summed E-state index contributed by atoms with van der Waals surface area (Å²) in [7, 11) is 1.32. The molecule has 0 aromatic carbocycles. The number of carbonyl (C=O) groups excluding carboxylic acids is 3. The van der Waals surface area contributed by atoms with E-state index in [0.29, 0.717) is 6.42 Å². The first-order chi connectivity index (χ1) is 10.4. The molecule has 0 aromatic heterocycles. The van der Waals surface area contributed by atoms with E-state index in [9.17, 15) is 19.2 Å². The molecule has 1 saturated heterocycles. The van der Waals surface area contributed by atoms with Gasteiger partial charge in [0.1, 0.15) is 6.54 Å². The van der Waals surface area contributed by atoms with Gasteiger partial charge in [0, 0.05) is 6.42 Å². The number of imide groups is 1. The predicted octanol–water partition coefficient (Wildman–Crippen LogP) is 0.0574. The number of carboxylic acid groups (broad SMARTS) is 1. The van der Waals surface area contributed by atoms with Crippen molar-refractivity contribution in [2.24, 2.45) is 29.6 Å². The number of hydrogen-bond donors (Lipinski definition) is 1. The highest BCUT2D eigenvalue weighted by Crippen LogP contribution is 2.53. The van der Waals surface area contributed by atoms with Crippen LogP contribution in [0.15, 0.2) is 12.2 Å². The quantitative estimate of drug-likeness (QED) is 0.448. The van der Waals surface area contributed by atoms with Crippen molar-refractivity contribution in [1.29, 1.82) is 0 Å². The van der Waals surface area contributed by atoms with Crippen LogP contribution < -0.4 is 0 Å². The largest absolute Gasteiger partial charge is 0.480 e. The zero-order valence-corrected chi connectivity index (χ0v) is 12.1. The third kappa shape index (κ3) is 2.12. The highest BCUT2D eigenvalue weighted by molar-refractivity contribution is 6.07. The summed E-state index contributed by atoms with van der Waals surface area (Å²) in [5.41, 5.74) is 0. The fraction of sp³-hybridized carbons (Fsp3) is 0.600. The lowest BCUT2D eigenvalue weighted by molar-refractivity contribution is -0.149. The van der Waals surface area contributed by atoms with Crippen LogP contribution in [0.3, 0.4) is 0 Å². The van der Waals surface area contributed by atoms with Crippen molar-refractivity contribution in [3.8, 4) is 0 Å². The second-order valence-electron chi connectivity index (χ2n) is 6.11. The second-order valence-corrected chi connectivity index (χ2v) is 6.11. The average Bonchev–Trinajstić information content (AvgIpc) is 2.74. The number of allylic oxidation sites excluding steroid dienone is 2. The van der Waals surface area contributed by atoms with Crippen molar-refractivity contribution in [1.82, 2.24) is 4.90 Å². The predicted molar refractivity (Wildman–Crippen MR) is 72.2 cm³/mol. The summed E-state index contributed by atoms with van der Waals surface area (Å²) in [6.07, 6.45) is 4.69. The minimum Gasteiger partial charge on any atom is -0.480 e. The number of likely N-dealkylation sites (tertiary alicyclic amines) is 1. The molecule has 7 nitrogen and oxygen atoms in total. The van der Waals surface area contributed by atoms with Gasteiger partial charge in [-0.05, 0) is 24.2 Å². The van der Waals surface area contributed by atoms with Crippen LogP contribution in [0.4, 0.5) is 0 Å². The molecule has 0 radical (unpaired) electrons. The van der Waals surface area contributed by atoms with Crippen LogP contribution in [0, 0.1) is 29.6 Å². The summed E-state index contributed by atoms with van der Waals surface area (Å²) in [5.74, 6) is -3.72. The normalized spacial score (nSPS) is 35.7. The molecule has 1 saturated carbocycles. The van der Waals surface area contributed by atoms with Crippen molar-refractivity contribution in [2.45, 2.75) is 12.8 Å². The Bertz CT molecular complexity index is 583. The van der Waals surface area contributed by atoms with Crippen molar-refractivity contribution < 1.29 is 29.0 Å². The maximum atomic E-state index is 12.5. The van der Waals surface area contributed by atoms with E-state index in [1.54, 1.807) is 0 Å². The van der Waals surface area contributed by atoms with Gasteiger partial charge in [-0.2, -0.15) is 0 Å². The van der Waals surface area contributed by atoms with Gasteiger partial charge in [-0.25, -0.2) is 0 Å². The van der Waals surface area contributed by atoms with Crippen LogP contribution in [0.1, 0.15) is 12.8 Å². The maximum Gasteiger partial charge on any atom is 0.323 e. The summed E-state index contributed by atoms with van der Waals surface area (Å²) >= 11 is 0. The van der Waals surface area contributed by atoms with Gasteiger partial charge in [0.2, 0.25) is 11.8 Å². The molecule has 1 aliphatic heterocycles. The first-order valence-electron chi connectivity index (χ1n) is 7.26. The number of carbonyl (C=O) groups is 4. The smallest absolute Gasteiger partial charge is 0.323 e. The molecule has 1 heterocycles. The molecular weight excluding hydrogens is 290 g/mol. The number of nitrogens with zero attached hydrogens (tertiary/aromatic N) is 1. The summed E-state index contributed by atoms with van der Waals surface area (Å²) in [5, 5.41) is 8.87. The van der Waals surface area contributed by atoms with Crippen molar-refractivity contribution in [3.05, 3.63) is 12.2 Å². The van der Waals surface area contributed by atoms with Gasteiger partial charge in [-0.15, -0.1) is 0 Å². The highest BCUT2D eigenvalue weighted by atomic mass is 16.5. The molecule has 1 N–H and O–H groups in total. The number of fused-ring (bicyclic) bond motifs is 1. The molecule has 0 unspecified atom stereocenters. The Labute approximate surface area is 126 Å². The van der Waals surface area contributed by atoms with E-state index in [-0.39, 0.29) is 30.1 Å². The fourth-order valence-corrected chi connectivity index (χ4v) is 4.13.